The lowest BCUT2D eigenvalue weighted by Gasteiger charge is -2.19. The molecule has 0 aliphatic heterocycles. The van der Waals surface area contributed by atoms with Gasteiger partial charge in [-0.2, -0.15) is 0 Å². The lowest BCUT2D eigenvalue weighted by Crippen LogP contribution is -2.28. The number of nitrogens with zero attached hydrogens (tertiary/aromatic N) is 1. The van der Waals surface area contributed by atoms with Crippen LogP contribution in [-0.4, -0.2) is 30.1 Å². The first-order valence-electron chi connectivity index (χ1n) is 8.88. The van der Waals surface area contributed by atoms with E-state index < -0.39 is 0 Å². The van der Waals surface area contributed by atoms with Gasteiger partial charge < -0.3 is 21.5 Å². The number of nitrogens with two attached hydrogens (primary N) is 1. The number of carbonyl (C=O) groups is 1. The van der Waals surface area contributed by atoms with Gasteiger partial charge in [0, 0.05) is 17.8 Å². The highest BCUT2D eigenvalue weighted by molar-refractivity contribution is 14.0. The van der Waals surface area contributed by atoms with E-state index in [0.29, 0.717) is 24.6 Å². The van der Waals surface area contributed by atoms with Crippen LogP contribution in [0.3, 0.4) is 0 Å². The zero-order valence-electron chi connectivity index (χ0n) is 15.1. The Morgan fingerprint density at radius 3 is 2.63 bits per heavy atom. The van der Waals surface area contributed by atoms with Crippen LogP contribution in [0.15, 0.2) is 47.5 Å². The van der Waals surface area contributed by atoms with Crippen molar-refractivity contribution >= 4 is 41.5 Å². The van der Waals surface area contributed by atoms with Gasteiger partial charge in [0.1, 0.15) is 5.75 Å². The number of halogens is 1. The molecule has 0 saturated heterocycles. The van der Waals surface area contributed by atoms with E-state index in [1.807, 2.05) is 12.1 Å². The Bertz CT molecular complexity index is 806. The summed E-state index contributed by atoms with van der Waals surface area (Å²) in [5.41, 5.74) is 10.2. The lowest BCUT2D eigenvalue weighted by molar-refractivity contribution is 0.0955. The van der Waals surface area contributed by atoms with Crippen molar-refractivity contribution in [1.29, 1.82) is 0 Å². The summed E-state index contributed by atoms with van der Waals surface area (Å²) in [5, 5.41) is 15.2. The average molecular weight is 480 g/mol. The van der Waals surface area contributed by atoms with Gasteiger partial charge >= 0.3 is 0 Å². The molecule has 0 atom stereocenters. The second-order valence-corrected chi connectivity index (χ2v) is 6.35. The van der Waals surface area contributed by atoms with Crippen molar-refractivity contribution in [3.8, 4) is 5.75 Å². The van der Waals surface area contributed by atoms with Crippen LogP contribution < -0.4 is 16.4 Å². The molecule has 1 amide bonds. The number of aromatic hydroxyl groups is 1. The van der Waals surface area contributed by atoms with Gasteiger partial charge in [-0.3, -0.25) is 9.79 Å². The fourth-order valence-electron chi connectivity index (χ4n) is 3.14. The molecule has 6 nitrogen and oxygen atoms in total. The van der Waals surface area contributed by atoms with Crippen LogP contribution in [0.4, 0.5) is 5.69 Å². The molecule has 0 saturated carbocycles. The highest BCUT2D eigenvalue weighted by Gasteiger charge is 2.13. The van der Waals surface area contributed by atoms with E-state index >= 15 is 0 Å². The predicted octanol–water partition coefficient (Wildman–Crippen LogP) is 3.05. The van der Waals surface area contributed by atoms with Gasteiger partial charge in [0.25, 0.3) is 5.91 Å². The minimum atomic E-state index is -0.205. The molecule has 0 spiro atoms. The summed E-state index contributed by atoms with van der Waals surface area (Å²) >= 11 is 0. The number of guanidine groups is 1. The van der Waals surface area contributed by atoms with E-state index in [0.717, 1.165) is 18.5 Å². The number of nitrogens with one attached hydrogen (secondary N) is 2. The molecule has 2 aromatic carbocycles. The number of benzene rings is 2. The summed E-state index contributed by atoms with van der Waals surface area (Å²) < 4.78 is 0. The van der Waals surface area contributed by atoms with Crippen LogP contribution in [0.5, 0.6) is 5.75 Å². The van der Waals surface area contributed by atoms with E-state index in [2.05, 4.69) is 21.7 Å². The normalized spacial score (nSPS) is 13.3. The Hall–Kier alpha value is -2.29. The first kappa shape index (κ1) is 21.0. The van der Waals surface area contributed by atoms with E-state index in [1.165, 1.54) is 36.1 Å². The number of anilines is 1. The molecule has 0 bridgehead atoms. The van der Waals surface area contributed by atoms with Gasteiger partial charge in [0.05, 0.1) is 6.54 Å². The summed E-state index contributed by atoms with van der Waals surface area (Å²) in [5.74, 6) is 0.278. The molecule has 0 unspecified atom stereocenters. The molecule has 0 fully saturated rings. The van der Waals surface area contributed by atoms with Crippen LogP contribution >= 0.6 is 24.0 Å². The highest BCUT2D eigenvalue weighted by atomic mass is 127. The first-order valence-corrected chi connectivity index (χ1v) is 8.88. The summed E-state index contributed by atoms with van der Waals surface area (Å²) in [4.78, 5) is 16.2. The molecule has 144 valence electrons. The molecular formula is C20H25IN4O2. The standard InChI is InChI=1S/C20H24N4O2.HI/c21-20(24-18-7-3-5-14-4-1-2-6-17(14)18)23-13-12-22-19(26)15-8-10-16(25)11-9-15;/h3,5,7-11,25H,1-2,4,6,12-13H2,(H,22,26)(H3,21,23,24);1H. The molecule has 27 heavy (non-hydrogen) atoms. The zero-order valence-corrected chi connectivity index (χ0v) is 17.4. The Labute approximate surface area is 176 Å². The van der Waals surface area contributed by atoms with Gasteiger partial charge in [-0.05, 0) is 67.1 Å². The van der Waals surface area contributed by atoms with Crippen molar-refractivity contribution in [1.82, 2.24) is 5.32 Å². The summed E-state index contributed by atoms with van der Waals surface area (Å²) in [6.07, 6.45) is 4.62. The van der Waals surface area contributed by atoms with E-state index in [-0.39, 0.29) is 35.6 Å². The molecule has 2 aromatic rings. The molecule has 7 heteroatoms. The number of amides is 1. The Morgan fingerprint density at radius 1 is 1.11 bits per heavy atom. The Balaban J connectivity index is 0.00000261. The first-order chi connectivity index (χ1) is 12.6. The Morgan fingerprint density at radius 2 is 1.85 bits per heavy atom. The van der Waals surface area contributed by atoms with Gasteiger partial charge in [0.2, 0.25) is 0 Å². The van der Waals surface area contributed by atoms with Crippen molar-refractivity contribution < 1.29 is 9.90 Å². The summed E-state index contributed by atoms with van der Waals surface area (Å²) in [6, 6.07) is 12.3. The van der Waals surface area contributed by atoms with Crippen LogP contribution in [0.2, 0.25) is 0 Å². The quantitative estimate of drug-likeness (QED) is 0.229. The third kappa shape index (κ3) is 5.85. The predicted molar refractivity (Wildman–Crippen MR) is 119 cm³/mol. The van der Waals surface area contributed by atoms with Crippen LogP contribution in [0.1, 0.15) is 34.3 Å². The number of carbonyl (C=O) groups excluding carboxylic acids is 1. The third-order valence-electron chi connectivity index (χ3n) is 4.47. The van der Waals surface area contributed by atoms with Crippen molar-refractivity contribution in [2.75, 3.05) is 18.4 Å². The number of phenolic OH excluding ortho intramolecular Hbond substituents is 1. The fraction of sp³-hybridized carbons (Fsp3) is 0.300. The number of phenols is 1. The minimum Gasteiger partial charge on any atom is -0.508 e. The topological polar surface area (TPSA) is 99.7 Å². The average Bonchev–Trinajstić information content (AvgIpc) is 2.66. The summed E-state index contributed by atoms with van der Waals surface area (Å²) in [7, 11) is 0. The SMILES string of the molecule is I.NC(=NCCNC(=O)c1ccc(O)cc1)Nc1cccc2c1CCCC2. The molecule has 3 rings (SSSR count). The van der Waals surface area contributed by atoms with Crippen molar-refractivity contribution in [2.24, 2.45) is 10.7 Å². The third-order valence-corrected chi connectivity index (χ3v) is 4.47. The molecule has 0 aromatic heterocycles. The van der Waals surface area contributed by atoms with Gasteiger partial charge in [0.15, 0.2) is 5.96 Å². The minimum absolute atomic E-state index is 0. The number of aryl methyl sites for hydroxylation is 1. The van der Waals surface area contributed by atoms with Crippen LogP contribution in [0, 0.1) is 0 Å². The van der Waals surface area contributed by atoms with E-state index in [4.69, 9.17) is 5.73 Å². The van der Waals surface area contributed by atoms with E-state index in [1.54, 1.807) is 12.1 Å². The van der Waals surface area contributed by atoms with Gasteiger partial charge in [-0.25, -0.2) is 0 Å². The molecule has 1 aliphatic rings. The lowest BCUT2D eigenvalue weighted by atomic mass is 9.90. The van der Waals surface area contributed by atoms with Gasteiger partial charge in [-0.1, -0.05) is 12.1 Å². The van der Waals surface area contributed by atoms with Crippen LogP contribution in [-0.2, 0) is 12.8 Å². The smallest absolute Gasteiger partial charge is 0.251 e. The van der Waals surface area contributed by atoms with E-state index in [9.17, 15) is 9.90 Å². The zero-order chi connectivity index (χ0) is 18.4. The number of hydrogen-bond acceptors (Lipinski definition) is 3. The fourth-order valence-corrected chi connectivity index (χ4v) is 3.14. The number of fused-ring (bicyclic) bond motifs is 1. The highest BCUT2D eigenvalue weighted by Crippen LogP contribution is 2.27. The number of hydrogen-bond donors (Lipinski definition) is 4. The monoisotopic (exact) mass is 480 g/mol. The van der Waals surface area contributed by atoms with Crippen LogP contribution in [0.25, 0.3) is 0 Å². The van der Waals surface area contributed by atoms with Crippen molar-refractivity contribution in [3.63, 3.8) is 0 Å². The summed E-state index contributed by atoms with van der Waals surface area (Å²) in [6.45, 7) is 0.771. The maximum atomic E-state index is 12.0. The maximum absolute atomic E-state index is 12.0. The molecule has 0 heterocycles. The molecular weight excluding hydrogens is 455 g/mol. The number of rotatable bonds is 5. The Kier molecular flexibility index (Phi) is 7.90. The van der Waals surface area contributed by atoms with Crippen molar-refractivity contribution in [3.05, 3.63) is 59.2 Å². The number of aliphatic imine (C=N–C) groups is 1. The molecule has 1 aliphatic carbocycles. The van der Waals surface area contributed by atoms with Gasteiger partial charge in [-0.15, -0.1) is 24.0 Å². The molecule has 0 radical (unpaired) electrons. The second-order valence-electron chi connectivity index (χ2n) is 6.35. The van der Waals surface area contributed by atoms with Crippen molar-refractivity contribution in [2.45, 2.75) is 25.7 Å². The second kappa shape index (κ2) is 10.1. The maximum Gasteiger partial charge on any atom is 0.251 e. The molecule has 5 N–H and O–H groups in total. The largest absolute Gasteiger partial charge is 0.508 e.